The predicted octanol–water partition coefficient (Wildman–Crippen LogP) is 2.58. The Kier molecular flexibility index (Phi) is 1.65. The van der Waals surface area contributed by atoms with Crippen molar-refractivity contribution in [3.05, 3.63) is 42.1 Å². The molecule has 0 bridgehead atoms. The number of hydrogen-bond donors (Lipinski definition) is 0. The Morgan fingerprint density at radius 3 is 2.83 bits per heavy atom. The average Bonchev–Trinajstić information content (AvgIpc) is 2.12. The minimum absolute atomic E-state index is 1.09. The second-order valence-corrected chi connectivity index (χ2v) is 3.25. The van der Waals surface area contributed by atoms with Gasteiger partial charge in [0.15, 0.2) is 0 Å². The van der Waals surface area contributed by atoms with E-state index < -0.39 is 0 Å². The van der Waals surface area contributed by atoms with Crippen molar-refractivity contribution in [3.63, 3.8) is 0 Å². The Hall–Kier alpha value is -1.24. The van der Waals surface area contributed by atoms with E-state index in [0.717, 1.165) is 12.8 Å². The highest BCUT2D eigenvalue weighted by molar-refractivity contribution is 5.59. The Balaban J connectivity index is 2.48. The quantitative estimate of drug-likeness (QED) is 0.562. The summed E-state index contributed by atoms with van der Waals surface area (Å²) < 4.78 is 0. The molecule has 0 radical (unpaired) electrons. The van der Waals surface area contributed by atoms with Gasteiger partial charge in [-0.05, 0) is 24.5 Å². The fourth-order valence-corrected chi connectivity index (χ4v) is 1.67. The van der Waals surface area contributed by atoms with E-state index >= 15 is 0 Å². The fourth-order valence-electron chi connectivity index (χ4n) is 1.67. The second-order valence-electron chi connectivity index (χ2n) is 3.25. The van der Waals surface area contributed by atoms with Gasteiger partial charge in [-0.1, -0.05) is 24.8 Å². The van der Waals surface area contributed by atoms with Crippen molar-refractivity contribution in [3.8, 4) is 0 Å². The Morgan fingerprint density at radius 2 is 2.00 bits per heavy atom. The number of benzene rings is 1. The van der Waals surface area contributed by atoms with Crippen LogP contribution in [0.2, 0.25) is 0 Å². The van der Waals surface area contributed by atoms with E-state index in [1.807, 2.05) is 0 Å². The Morgan fingerprint density at radius 1 is 1.25 bits per heavy atom. The monoisotopic (exact) mass is 159 g/mol. The Labute approximate surface area is 73.3 Å². The van der Waals surface area contributed by atoms with E-state index in [0.29, 0.717) is 0 Å². The summed E-state index contributed by atoms with van der Waals surface area (Å²) >= 11 is 0. The van der Waals surface area contributed by atoms with Gasteiger partial charge in [0.1, 0.15) is 0 Å². The number of fused-ring (bicyclic) bond motifs is 1. The molecule has 0 aromatic heterocycles. The summed E-state index contributed by atoms with van der Waals surface area (Å²) in [5.74, 6) is 0. The molecule has 62 valence electrons. The van der Waals surface area contributed by atoms with Crippen molar-refractivity contribution >= 4 is 5.69 Å². The average molecular weight is 159 g/mol. The molecule has 0 saturated heterocycles. The van der Waals surface area contributed by atoms with Crippen LogP contribution in [0.5, 0.6) is 0 Å². The molecule has 1 aliphatic heterocycles. The zero-order valence-corrected chi connectivity index (χ0v) is 7.38. The van der Waals surface area contributed by atoms with Gasteiger partial charge in [0.25, 0.3) is 0 Å². The zero-order valence-electron chi connectivity index (χ0n) is 7.38. The van der Waals surface area contributed by atoms with Gasteiger partial charge in [-0.25, -0.2) is 0 Å². The van der Waals surface area contributed by atoms with Gasteiger partial charge < -0.3 is 4.90 Å². The van der Waals surface area contributed by atoms with Crippen molar-refractivity contribution in [2.45, 2.75) is 12.8 Å². The highest BCUT2D eigenvalue weighted by atomic mass is 15.1. The summed E-state index contributed by atoms with van der Waals surface area (Å²) in [5, 5.41) is 0. The Bertz CT molecular complexity index is 315. The summed E-state index contributed by atoms with van der Waals surface area (Å²) in [6.45, 7) is 4.02. The van der Waals surface area contributed by atoms with Crippen LogP contribution in [0.15, 0.2) is 36.5 Å². The molecule has 0 saturated carbocycles. The number of rotatable bonds is 0. The standard InChI is InChI=1S/C11H13N/c1-9-7-8-10-5-3-4-6-11(10)12(9)2/h3-6H,1,7-8H2,2H3. The second kappa shape index (κ2) is 2.67. The minimum atomic E-state index is 1.09. The number of para-hydroxylation sites is 1. The molecule has 1 heterocycles. The summed E-state index contributed by atoms with van der Waals surface area (Å²) in [6, 6.07) is 8.52. The molecule has 1 aliphatic rings. The molecule has 0 unspecified atom stereocenters. The molecular formula is C11H13N. The highest BCUT2D eigenvalue weighted by Crippen LogP contribution is 2.29. The molecular weight excluding hydrogens is 146 g/mol. The molecule has 1 aromatic carbocycles. The van der Waals surface area contributed by atoms with Gasteiger partial charge in [-0.15, -0.1) is 0 Å². The summed E-state index contributed by atoms with van der Waals surface area (Å²) in [5.41, 5.74) is 3.97. The molecule has 0 spiro atoms. The number of anilines is 1. The zero-order chi connectivity index (χ0) is 8.55. The first-order valence-corrected chi connectivity index (χ1v) is 4.28. The number of aryl methyl sites for hydroxylation is 1. The van der Waals surface area contributed by atoms with Crippen molar-refractivity contribution in [1.29, 1.82) is 0 Å². The van der Waals surface area contributed by atoms with Crippen LogP contribution in [0.3, 0.4) is 0 Å². The van der Waals surface area contributed by atoms with Gasteiger partial charge >= 0.3 is 0 Å². The SMILES string of the molecule is C=C1CCc2ccccc2N1C. The van der Waals surface area contributed by atoms with E-state index in [9.17, 15) is 0 Å². The van der Waals surface area contributed by atoms with Gasteiger partial charge in [0.05, 0.1) is 0 Å². The maximum atomic E-state index is 4.02. The largest absolute Gasteiger partial charge is 0.349 e. The number of allylic oxidation sites excluding steroid dienone is 1. The van der Waals surface area contributed by atoms with Crippen molar-refractivity contribution in [1.82, 2.24) is 0 Å². The van der Waals surface area contributed by atoms with Crippen LogP contribution in [0.4, 0.5) is 5.69 Å². The van der Waals surface area contributed by atoms with Gasteiger partial charge in [0, 0.05) is 18.4 Å². The summed E-state index contributed by atoms with van der Waals surface area (Å²) in [4.78, 5) is 2.18. The van der Waals surface area contributed by atoms with Crippen LogP contribution in [0.25, 0.3) is 0 Å². The summed E-state index contributed by atoms with van der Waals surface area (Å²) in [7, 11) is 2.08. The molecule has 1 heteroatoms. The van der Waals surface area contributed by atoms with E-state index in [4.69, 9.17) is 0 Å². The first-order valence-electron chi connectivity index (χ1n) is 4.28. The van der Waals surface area contributed by atoms with Gasteiger partial charge in [-0.3, -0.25) is 0 Å². The predicted molar refractivity (Wildman–Crippen MR) is 52.3 cm³/mol. The number of nitrogens with zero attached hydrogens (tertiary/aromatic N) is 1. The fraction of sp³-hybridized carbons (Fsp3) is 0.273. The highest BCUT2D eigenvalue weighted by Gasteiger charge is 2.14. The first kappa shape index (κ1) is 7.41. The lowest BCUT2D eigenvalue weighted by molar-refractivity contribution is 0.844. The van der Waals surface area contributed by atoms with Crippen LogP contribution in [0.1, 0.15) is 12.0 Å². The number of hydrogen-bond acceptors (Lipinski definition) is 1. The third-order valence-electron chi connectivity index (χ3n) is 2.51. The molecule has 0 fully saturated rings. The van der Waals surface area contributed by atoms with Crippen LogP contribution in [0, 0.1) is 0 Å². The maximum Gasteiger partial charge on any atom is 0.0438 e. The van der Waals surface area contributed by atoms with Crippen molar-refractivity contribution < 1.29 is 0 Å². The van der Waals surface area contributed by atoms with Crippen LogP contribution in [-0.2, 0) is 6.42 Å². The molecule has 0 aliphatic carbocycles. The first-order chi connectivity index (χ1) is 5.79. The normalized spacial score (nSPS) is 16.1. The third kappa shape index (κ3) is 1.02. The molecule has 12 heavy (non-hydrogen) atoms. The lowest BCUT2D eigenvalue weighted by Gasteiger charge is -2.29. The molecule has 2 rings (SSSR count). The lowest BCUT2D eigenvalue weighted by Crippen LogP contribution is -2.21. The lowest BCUT2D eigenvalue weighted by atomic mass is 10.0. The topological polar surface area (TPSA) is 3.24 Å². The van der Waals surface area contributed by atoms with E-state index in [2.05, 4.69) is 42.8 Å². The minimum Gasteiger partial charge on any atom is -0.349 e. The van der Waals surface area contributed by atoms with Crippen molar-refractivity contribution in [2.75, 3.05) is 11.9 Å². The molecule has 1 nitrogen and oxygen atoms in total. The van der Waals surface area contributed by atoms with E-state index in [-0.39, 0.29) is 0 Å². The van der Waals surface area contributed by atoms with E-state index in [1.165, 1.54) is 16.9 Å². The molecule has 1 aromatic rings. The maximum absolute atomic E-state index is 4.02. The smallest absolute Gasteiger partial charge is 0.0438 e. The van der Waals surface area contributed by atoms with E-state index in [1.54, 1.807) is 0 Å². The molecule has 0 amide bonds. The van der Waals surface area contributed by atoms with Gasteiger partial charge in [-0.2, -0.15) is 0 Å². The van der Waals surface area contributed by atoms with Gasteiger partial charge in [0.2, 0.25) is 0 Å². The summed E-state index contributed by atoms with van der Waals surface area (Å²) in [6.07, 6.45) is 2.23. The van der Waals surface area contributed by atoms with Crippen LogP contribution in [-0.4, -0.2) is 7.05 Å². The van der Waals surface area contributed by atoms with Crippen molar-refractivity contribution in [2.24, 2.45) is 0 Å². The van der Waals surface area contributed by atoms with Crippen LogP contribution >= 0.6 is 0 Å². The molecule has 0 N–H and O–H groups in total. The van der Waals surface area contributed by atoms with Crippen LogP contribution < -0.4 is 4.90 Å². The third-order valence-corrected chi connectivity index (χ3v) is 2.51. The molecule has 0 atom stereocenters.